The van der Waals surface area contributed by atoms with E-state index >= 15 is 0 Å². The number of anilines is 1. The molecule has 1 aliphatic rings. The highest BCUT2D eigenvalue weighted by atomic mass is 32.2. The van der Waals surface area contributed by atoms with Crippen LogP contribution in [0.3, 0.4) is 0 Å². The molecule has 1 saturated heterocycles. The number of pyridine rings is 1. The quantitative estimate of drug-likeness (QED) is 0.828. The van der Waals surface area contributed by atoms with Gasteiger partial charge in [0.1, 0.15) is 5.37 Å². The van der Waals surface area contributed by atoms with Gasteiger partial charge in [-0.05, 0) is 18.2 Å². The van der Waals surface area contributed by atoms with E-state index in [9.17, 15) is 4.79 Å². The van der Waals surface area contributed by atoms with Gasteiger partial charge in [0.25, 0.3) is 0 Å². The molecule has 3 rings (SSSR count). The Hall–Kier alpha value is -1.81. The van der Waals surface area contributed by atoms with Crippen LogP contribution in [0, 0.1) is 0 Å². The van der Waals surface area contributed by atoms with Crippen molar-refractivity contribution in [2.24, 2.45) is 0 Å². The SMILES string of the molecule is O=C1CS[C@@H](c2cccnc2)N1c1ccccc1. The molecule has 0 unspecified atom stereocenters. The zero-order chi connectivity index (χ0) is 12.4. The molecule has 0 bridgehead atoms. The van der Waals surface area contributed by atoms with Gasteiger partial charge in [0, 0.05) is 23.6 Å². The van der Waals surface area contributed by atoms with Gasteiger partial charge in [0.15, 0.2) is 0 Å². The number of amides is 1. The van der Waals surface area contributed by atoms with Crippen molar-refractivity contribution in [2.75, 3.05) is 10.7 Å². The van der Waals surface area contributed by atoms with Crippen LogP contribution in [0.15, 0.2) is 54.9 Å². The maximum Gasteiger partial charge on any atom is 0.238 e. The monoisotopic (exact) mass is 256 g/mol. The van der Waals surface area contributed by atoms with E-state index < -0.39 is 0 Å². The lowest BCUT2D eigenvalue weighted by molar-refractivity contribution is -0.115. The predicted molar refractivity (Wildman–Crippen MR) is 73.4 cm³/mol. The van der Waals surface area contributed by atoms with Crippen molar-refractivity contribution in [3.05, 3.63) is 60.4 Å². The summed E-state index contributed by atoms with van der Waals surface area (Å²) in [5, 5.41) is 0.0357. The maximum absolute atomic E-state index is 12.0. The molecule has 1 fully saturated rings. The molecule has 18 heavy (non-hydrogen) atoms. The van der Waals surface area contributed by atoms with Crippen molar-refractivity contribution in [1.82, 2.24) is 4.98 Å². The molecule has 0 N–H and O–H groups in total. The molecular formula is C14H12N2OS. The lowest BCUT2D eigenvalue weighted by Gasteiger charge is -2.23. The van der Waals surface area contributed by atoms with Gasteiger partial charge in [-0.25, -0.2) is 0 Å². The van der Waals surface area contributed by atoms with E-state index in [4.69, 9.17) is 0 Å². The van der Waals surface area contributed by atoms with Gasteiger partial charge in [-0.3, -0.25) is 14.7 Å². The Bertz CT molecular complexity index is 544. The van der Waals surface area contributed by atoms with Crippen LogP contribution >= 0.6 is 11.8 Å². The van der Waals surface area contributed by atoms with E-state index in [0.717, 1.165) is 11.3 Å². The first kappa shape index (κ1) is 11.3. The maximum atomic E-state index is 12.0. The fourth-order valence-electron chi connectivity index (χ4n) is 2.06. The fraction of sp³-hybridized carbons (Fsp3) is 0.143. The van der Waals surface area contributed by atoms with Gasteiger partial charge in [0.05, 0.1) is 5.75 Å². The largest absolute Gasteiger partial charge is 0.295 e. The summed E-state index contributed by atoms with van der Waals surface area (Å²) >= 11 is 1.64. The number of benzene rings is 1. The van der Waals surface area contributed by atoms with Gasteiger partial charge in [-0.15, -0.1) is 11.8 Å². The summed E-state index contributed by atoms with van der Waals surface area (Å²) in [5.41, 5.74) is 2.01. The third kappa shape index (κ3) is 1.99. The van der Waals surface area contributed by atoms with Crippen molar-refractivity contribution in [1.29, 1.82) is 0 Å². The molecule has 1 aromatic carbocycles. The van der Waals surface area contributed by atoms with Crippen LogP contribution in [0.4, 0.5) is 5.69 Å². The first-order chi connectivity index (χ1) is 8.86. The molecule has 1 amide bonds. The summed E-state index contributed by atoms with van der Waals surface area (Å²) in [7, 11) is 0. The Labute approximate surface area is 110 Å². The van der Waals surface area contributed by atoms with Crippen LogP contribution in [0.1, 0.15) is 10.9 Å². The molecule has 1 aliphatic heterocycles. The molecule has 0 spiro atoms. The standard InChI is InChI=1S/C14H12N2OS/c17-13-10-18-14(11-5-4-8-15-9-11)16(13)12-6-2-1-3-7-12/h1-9,14H,10H2/t14-/m0/s1. The lowest BCUT2D eigenvalue weighted by atomic mass is 10.2. The van der Waals surface area contributed by atoms with Crippen LogP contribution in [0.2, 0.25) is 0 Å². The molecule has 4 heteroatoms. The highest BCUT2D eigenvalue weighted by Crippen LogP contribution is 2.41. The molecule has 0 saturated carbocycles. The second-order valence-corrected chi connectivity index (χ2v) is 5.12. The average molecular weight is 256 g/mol. The van der Waals surface area contributed by atoms with E-state index in [2.05, 4.69) is 4.98 Å². The van der Waals surface area contributed by atoms with Crippen LogP contribution in [0.5, 0.6) is 0 Å². The number of hydrogen-bond donors (Lipinski definition) is 0. The first-order valence-corrected chi connectivity index (χ1v) is 6.80. The van der Waals surface area contributed by atoms with Gasteiger partial charge < -0.3 is 0 Å². The molecule has 0 aliphatic carbocycles. The summed E-state index contributed by atoms with van der Waals surface area (Å²) in [5.74, 6) is 0.675. The zero-order valence-corrected chi connectivity index (χ0v) is 10.5. The number of carbonyl (C=O) groups excluding carboxylic acids is 1. The molecule has 3 nitrogen and oxygen atoms in total. The summed E-state index contributed by atoms with van der Waals surface area (Å²) in [6.07, 6.45) is 3.57. The fourth-order valence-corrected chi connectivity index (χ4v) is 3.22. The van der Waals surface area contributed by atoms with Gasteiger partial charge in [0.2, 0.25) is 5.91 Å². The van der Waals surface area contributed by atoms with Crippen molar-refractivity contribution >= 4 is 23.4 Å². The number of carbonyl (C=O) groups is 1. The predicted octanol–water partition coefficient (Wildman–Crippen LogP) is 2.86. The number of nitrogens with zero attached hydrogens (tertiary/aromatic N) is 2. The Morgan fingerprint density at radius 2 is 2.00 bits per heavy atom. The molecule has 90 valence electrons. The van der Waals surface area contributed by atoms with E-state index in [1.54, 1.807) is 18.0 Å². The molecule has 2 aromatic rings. The van der Waals surface area contributed by atoms with Crippen LogP contribution in [-0.4, -0.2) is 16.6 Å². The van der Waals surface area contributed by atoms with E-state index in [-0.39, 0.29) is 11.3 Å². The third-order valence-electron chi connectivity index (χ3n) is 2.87. The number of aromatic nitrogens is 1. The molecule has 0 radical (unpaired) electrons. The van der Waals surface area contributed by atoms with E-state index in [0.29, 0.717) is 5.75 Å². The Morgan fingerprint density at radius 3 is 2.72 bits per heavy atom. The molecule has 1 atom stereocenters. The number of hydrogen-bond acceptors (Lipinski definition) is 3. The number of thioether (sulfide) groups is 1. The Kier molecular flexibility index (Phi) is 3.02. The van der Waals surface area contributed by atoms with E-state index in [1.807, 2.05) is 53.6 Å². The van der Waals surface area contributed by atoms with Crippen LogP contribution in [-0.2, 0) is 4.79 Å². The Balaban J connectivity index is 1.98. The summed E-state index contributed by atoms with van der Waals surface area (Å²) in [6.45, 7) is 0. The second kappa shape index (κ2) is 4.82. The minimum atomic E-state index is 0.0357. The topological polar surface area (TPSA) is 33.2 Å². The number of para-hydroxylation sites is 1. The highest BCUT2D eigenvalue weighted by Gasteiger charge is 2.33. The normalized spacial score (nSPS) is 19.2. The molecule has 1 aromatic heterocycles. The summed E-state index contributed by atoms with van der Waals surface area (Å²) < 4.78 is 0. The van der Waals surface area contributed by atoms with Crippen molar-refractivity contribution in [2.45, 2.75) is 5.37 Å². The van der Waals surface area contributed by atoms with Crippen molar-refractivity contribution < 1.29 is 4.79 Å². The van der Waals surface area contributed by atoms with Gasteiger partial charge in [-0.2, -0.15) is 0 Å². The zero-order valence-electron chi connectivity index (χ0n) is 9.69. The van der Waals surface area contributed by atoms with Crippen LogP contribution in [0.25, 0.3) is 0 Å². The molecule has 2 heterocycles. The smallest absolute Gasteiger partial charge is 0.238 e. The minimum absolute atomic E-state index is 0.0357. The van der Waals surface area contributed by atoms with Crippen molar-refractivity contribution in [3.8, 4) is 0 Å². The van der Waals surface area contributed by atoms with Crippen LogP contribution < -0.4 is 4.90 Å². The lowest BCUT2D eigenvalue weighted by Crippen LogP contribution is -2.27. The summed E-state index contributed by atoms with van der Waals surface area (Å²) in [4.78, 5) is 18.0. The van der Waals surface area contributed by atoms with Crippen molar-refractivity contribution in [3.63, 3.8) is 0 Å². The van der Waals surface area contributed by atoms with Gasteiger partial charge >= 0.3 is 0 Å². The first-order valence-electron chi connectivity index (χ1n) is 5.75. The van der Waals surface area contributed by atoms with E-state index in [1.165, 1.54) is 0 Å². The number of rotatable bonds is 2. The molecular weight excluding hydrogens is 244 g/mol. The summed E-state index contributed by atoms with van der Waals surface area (Å²) in [6, 6.07) is 13.7. The minimum Gasteiger partial charge on any atom is -0.295 e. The highest BCUT2D eigenvalue weighted by molar-refractivity contribution is 8.00. The second-order valence-electron chi connectivity index (χ2n) is 4.05. The third-order valence-corrected chi connectivity index (χ3v) is 4.08. The Morgan fingerprint density at radius 1 is 1.17 bits per heavy atom. The van der Waals surface area contributed by atoms with Gasteiger partial charge in [-0.1, -0.05) is 24.3 Å². The average Bonchev–Trinajstić information content (AvgIpc) is 2.83.